The minimum absolute atomic E-state index is 0.0806. The molecular formula is C13H24N2O2S. The molecule has 1 aliphatic heterocycles. The lowest BCUT2D eigenvalue weighted by Gasteiger charge is -2.33. The van der Waals surface area contributed by atoms with Gasteiger partial charge < -0.3 is 11.1 Å². The molecule has 1 saturated heterocycles. The largest absolute Gasteiger partial charge is 0.353 e. The molecule has 18 heavy (non-hydrogen) atoms. The van der Waals surface area contributed by atoms with Gasteiger partial charge in [-0.2, -0.15) is 0 Å². The highest BCUT2D eigenvalue weighted by molar-refractivity contribution is 7.85. The quantitative estimate of drug-likeness (QED) is 0.807. The van der Waals surface area contributed by atoms with E-state index in [9.17, 15) is 9.00 Å². The Morgan fingerprint density at radius 3 is 2.44 bits per heavy atom. The van der Waals surface area contributed by atoms with Crippen molar-refractivity contribution in [1.82, 2.24) is 5.32 Å². The zero-order valence-corrected chi connectivity index (χ0v) is 11.8. The molecule has 2 aliphatic rings. The maximum atomic E-state index is 12.0. The molecule has 0 unspecified atom stereocenters. The molecule has 0 bridgehead atoms. The van der Waals surface area contributed by atoms with Crippen LogP contribution in [-0.2, 0) is 15.6 Å². The summed E-state index contributed by atoms with van der Waals surface area (Å²) < 4.78 is 11.2. The summed E-state index contributed by atoms with van der Waals surface area (Å²) >= 11 is 0. The molecule has 3 N–H and O–H groups in total. The molecule has 5 heteroatoms. The molecule has 1 aliphatic carbocycles. The number of carbonyl (C=O) groups excluding carboxylic acids is 1. The van der Waals surface area contributed by atoms with E-state index in [2.05, 4.69) is 5.32 Å². The van der Waals surface area contributed by atoms with Crippen LogP contribution in [0.3, 0.4) is 0 Å². The van der Waals surface area contributed by atoms with Crippen LogP contribution in [0.25, 0.3) is 0 Å². The number of nitrogens with one attached hydrogen (secondary N) is 1. The maximum absolute atomic E-state index is 12.0. The van der Waals surface area contributed by atoms with Crippen LogP contribution < -0.4 is 11.1 Å². The Bertz CT molecular complexity index is 317. The predicted octanol–water partition coefficient (Wildman–Crippen LogP) is 1.07. The summed E-state index contributed by atoms with van der Waals surface area (Å²) in [5.41, 5.74) is 6.00. The predicted molar refractivity (Wildman–Crippen MR) is 73.7 cm³/mol. The minimum atomic E-state index is -0.666. The highest BCUT2D eigenvalue weighted by Gasteiger charge is 2.31. The van der Waals surface area contributed by atoms with Gasteiger partial charge >= 0.3 is 0 Å². The van der Waals surface area contributed by atoms with Gasteiger partial charge in [0, 0.05) is 40.3 Å². The number of hydrogen-bond acceptors (Lipinski definition) is 3. The van der Waals surface area contributed by atoms with Crippen molar-refractivity contribution in [3.05, 3.63) is 0 Å². The van der Waals surface area contributed by atoms with Crippen molar-refractivity contribution in [2.45, 2.75) is 62.9 Å². The summed E-state index contributed by atoms with van der Waals surface area (Å²) in [7, 11) is -0.666. The second-order valence-electron chi connectivity index (χ2n) is 5.79. The van der Waals surface area contributed by atoms with Crippen LogP contribution in [0.15, 0.2) is 0 Å². The van der Waals surface area contributed by atoms with Gasteiger partial charge in [0.05, 0.1) is 0 Å². The first-order valence-electron chi connectivity index (χ1n) is 7.01. The lowest BCUT2D eigenvalue weighted by atomic mass is 9.80. The SMILES string of the molecule is NC1(CC(=O)NC2CCS(=O)CC2)CCCCC1. The van der Waals surface area contributed by atoms with Gasteiger partial charge in [-0.05, 0) is 25.7 Å². The van der Waals surface area contributed by atoms with E-state index in [1.165, 1.54) is 6.42 Å². The first-order chi connectivity index (χ1) is 8.57. The van der Waals surface area contributed by atoms with E-state index < -0.39 is 10.8 Å². The number of carbonyl (C=O) groups is 1. The van der Waals surface area contributed by atoms with Crippen LogP contribution in [-0.4, -0.2) is 33.2 Å². The standard InChI is InChI=1S/C13H24N2O2S/c14-13(6-2-1-3-7-13)10-12(16)15-11-4-8-18(17)9-5-11/h11H,1-10,14H2,(H,15,16). The van der Waals surface area contributed by atoms with Gasteiger partial charge in [-0.15, -0.1) is 0 Å². The fraction of sp³-hybridized carbons (Fsp3) is 0.923. The van der Waals surface area contributed by atoms with E-state index in [0.29, 0.717) is 6.42 Å². The third-order valence-electron chi connectivity index (χ3n) is 4.12. The summed E-state index contributed by atoms with van der Waals surface area (Å²) in [4.78, 5) is 12.0. The lowest BCUT2D eigenvalue weighted by Crippen LogP contribution is -2.48. The molecule has 0 aromatic carbocycles. The Kier molecular flexibility index (Phi) is 4.78. The van der Waals surface area contributed by atoms with Crippen molar-refractivity contribution >= 4 is 16.7 Å². The topological polar surface area (TPSA) is 72.2 Å². The third kappa shape index (κ3) is 4.05. The normalized spacial score (nSPS) is 31.8. The zero-order chi connectivity index (χ0) is 13.0. The molecule has 0 aromatic rings. The molecular weight excluding hydrogens is 248 g/mol. The zero-order valence-electron chi connectivity index (χ0n) is 11.0. The minimum Gasteiger partial charge on any atom is -0.353 e. The van der Waals surface area contributed by atoms with Gasteiger partial charge in [0.2, 0.25) is 5.91 Å². The second-order valence-corrected chi connectivity index (χ2v) is 7.49. The molecule has 1 amide bonds. The van der Waals surface area contributed by atoms with E-state index in [0.717, 1.165) is 50.0 Å². The van der Waals surface area contributed by atoms with Crippen LogP contribution in [0.2, 0.25) is 0 Å². The van der Waals surface area contributed by atoms with Crippen molar-refractivity contribution in [3.63, 3.8) is 0 Å². The number of amides is 1. The second kappa shape index (κ2) is 6.15. The number of nitrogens with two attached hydrogens (primary N) is 1. The first kappa shape index (κ1) is 14.0. The van der Waals surface area contributed by atoms with Crippen molar-refractivity contribution in [2.24, 2.45) is 5.73 Å². The average Bonchev–Trinajstić information content (AvgIpc) is 2.32. The summed E-state index contributed by atoms with van der Waals surface area (Å²) in [6, 6.07) is 0.211. The van der Waals surface area contributed by atoms with Gasteiger partial charge in [0.25, 0.3) is 0 Å². The van der Waals surface area contributed by atoms with Crippen LogP contribution >= 0.6 is 0 Å². The van der Waals surface area contributed by atoms with Gasteiger partial charge in [-0.1, -0.05) is 19.3 Å². The molecule has 1 heterocycles. The number of rotatable bonds is 3. The summed E-state index contributed by atoms with van der Waals surface area (Å²) in [5, 5.41) is 3.06. The average molecular weight is 272 g/mol. The summed E-state index contributed by atoms with van der Waals surface area (Å²) in [6.45, 7) is 0. The molecule has 0 aromatic heterocycles. The Balaban J connectivity index is 1.76. The summed E-state index contributed by atoms with van der Waals surface area (Å²) in [6.07, 6.45) is 7.61. The number of hydrogen-bond donors (Lipinski definition) is 2. The molecule has 0 atom stereocenters. The molecule has 4 nitrogen and oxygen atoms in total. The molecule has 0 radical (unpaired) electrons. The van der Waals surface area contributed by atoms with E-state index in [1.54, 1.807) is 0 Å². The molecule has 104 valence electrons. The highest BCUT2D eigenvalue weighted by atomic mass is 32.2. The van der Waals surface area contributed by atoms with Crippen molar-refractivity contribution in [1.29, 1.82) is 0 Å². The molecule has 1 saturated carbocycles. The van der Waals surface area contributed by atoms with Gasteiger partial charge in [0.15, 0.2) is 0 Å². The lowest BCUT2D eigenvalue weighted by molar-refractivity contribution is -0.123. The molecule has 0 spiro atoms. The third-order valence-corrected chi connectivity index (χ3v) is 5.50. The summed E-state index contributed by atoms with van der Waals surface area (Å²) in [5.74, 6) is 1.52. The van der Waals surface area contributed by atoms with Crippen molar-refractivity contribution < 1.29 is 9.00 Å². The Labute approximate surface area is 112 Å². The molecule has 2 rings (SSSR count). The smallest absolute Gasteiger partial charge is 0.222 e. The van der Waals surface area contributed by atoms with E-state index >= 15 is 0 Å². The van der Waals surface area contributed by atoms with E-state index in [1.807, 2.05) is 0 Å². The van der Waals surface area contributed by atoms with Gasteiger partial charge in [-0.3, -0.25) is 9.00 Å². The monoisotopic (exact) mass is 272 g/mol. The fourth-order valence-electron chi connectivity index (χ4n) is 2.97. The van der Waals surface area contributed by atoms with E-state index in [4.69, 9.17) is 5.73 Å². The van der Waals surface area contributed by atoms with Crippen molar-refractivity contribution in [3.8, 4) is 0 Å². The van der Waals surface area contributed by atoms with Gasteiger partial charge in [0.1, 0.15) is 0 Å². The highest BCUT2D eigenvalue weighted by Crippen LogP contribution is 2.28. The Morgan fingerprint density at radius 1 is 1.22 bits per heavy atom. The Morgan fingerprint density at radius 2 is 1.83 bits per heavy atom. The van der Waals surface area contributed by atoms with Crippen LogP contribution in [0, 0.1) is 0 Å². The van der Waals surface area contributed by atoms with E-state index in [-0.39, 0.29) is 17.5 Å². The van der Waals surface area contributed by atoms with Crippen LogP contribution in [0.1, 0.15) is 51.4 Å². The maximum Gasteiger partial charge on any atom is 0.222 e. The van der Waals surface area contributed by atoms with Crippen LogP contribution in [0.4, 0.5) is 0 Å². The molecule has 2 fully saturated rings. The van der Waals surface area contributed by atoms with Gasteiger partial charge in [-0.25, -0.2) is 0 Å². The van der Waals surface area contributed by atoms with Crippen LogP contribution in [0.5, 0.6) is 0 Å². The fourth-order valence-corrected chi connectivity index (χ4v) is 4.27. The first-order valence-corrected chi connectivity index (χ1v) is 8.49. The van der Waals surface area contributed by atoms with Crippen molar-refractivity contribution in [2.75, 3.05) is 11.5 Å². The Hall–Kier alpha value is -0.420.